The van der Waals surface area contributed by atoms with Gasteiger partial charge in [-0.3, -0.25) is 0 Å². The highest BCUT2D eigenvalue weighted by molar-refractivity contribution is 5.00. The van der Waals surface area contributed by atoms with Gasteiger partial charge in [0.2, 0.25) is 0 Å². The van der Waals surface area contributed by atoms with Crippen LogP contribution in [-0.4, -0.2) is 12.2 Å². The summed E-state index contributed by atoms with van der Waals surface area (Å²) in [5.74, 6) is 1.72. The summed E-state index contributed by atoms with van der Waals surface area (Å²) in [6, 6.07) is 0. The van der Waals surface area contributed by atoms with Crippen LogP contribution < -0.4 is 0 Å². The molecule has 0 aromatic carbocycles. The molecule has 1 aliphatic carbocycles. The van der Waals surface area contributed by atoms with Crippen molar-refractivity contribution in [2.45, 2.75) is 38.7 Å². The van der Waals surface area contributed by atoms with Crippen LogP contribution in [0, 0.1) is 11.8 Å². The zero-order valence-electron chi connectivity index (χ0n) is 6.89. The summed E-state index contributed by atoms with van der Waals surface area (Å²) in [5, 5.41) is 0. The molecule has 0 radical (unpaired) electrons. The molecule has 1 saturated carbocycles. The van der Waals surface area contributed by atoms with Crippen molar-refractivity contribution in [2.24, 2.45) is 11.8 Å². The maximum absolute atomic E-state index is 5.52. The lowest BCUT2D eigenvalue weighted by atomic mass is 9.76. The monoisotopic (exact) mass is 140 g/mol. The van der Waals surface area contributed by atoms with Gasteiger partial charge >= 0.3 is 0 Å². The van der Waals surface area contributed by atoms with E-state index in [0.29, 0.717) is 5.60 Å². The third kappa shape index (κ3) is 0.878. The minimum Gasteiger partial charge on any atom is -0.369 e. The fourth-order valence-electron chi connectivity index (χ4n) is 2.19. The highest BCUT2D eigenvalue weighted by Crippen LogP contribution is 2.47. The van der Waals surface area contributed by atoms with Crippen LogP contribution in [0.1, 0.15) is 33.1 Å². The van der Waals surface area contributed by atoms with Crippen molar-refractivity contribution < 1.29 is 4.74 Å². The normalized spacial score (nSPS) is 53.4. The van der Waals surface area contributed by atoms with Crippen LogP contribution in [-0.2, 0) is 4.74 Å². The Hall–Kier alpha value is -0.0400. The molecule has 1 heteroatoms. The summed E-state index contributed by atoms with van der Waals surface area (Å²) in [6.07, 6.45) is 4.10. The number of ether oxygens (including phenoxy) is 1. The van der Waals surface area contributed by atoms with Crippen molar-refractivity contribution in [3.05, 3.63) is 0 Å². The zero-order valence-corrected chi connectivity index (χ0v) is 6.89. The second-order valence-electron chi connectivity index (χ2n) is 4.14. The Bertz CT molecular complexity index is 138. The van der Waals surface area contributed by atoms with E-state index in [4.69, 9.17) is 4.74 Å². The summed E-state index contributed by atoms with van der Waals surface area (Å²) in [5.41, 5.74) is 0.359. The van der Waals surface area contributed by atoms with E-state index in [0.717, 1.165) is 18.4 Å². The minimum atomic E-state index is 0.359. The van der Waals surface area contributed by atoms with Crippen molar-refractivity contribution in [3.8, 4) is 0 Å². The lowest BCUT2D eigenvalue weighted by Crippen LogP contribution is -2.29. The summed E-state index contributed by atoms with van der Waals surface area (Å²) >= 11 is 0. The van der Waals surface area contributed by atoms with Crippen LogP contribution in [0.15, 0.2) is 0 Å². The quantitative estimate of drug-likeness (QED) is 0.470. The third-order valence-electron chi connectivity index (χ3n) is 3.20. The maximum atomic E-state index is 5.52. The van der Waals surface area contributed by atoms with Crippen LogP contribution in [0.5, 0.6) is 0 Å². The Balaban J connectivity index is 2.03. The minimum absolute atomic E-state index is 0.359. The summed E-state index contributed by atoms with van der Waals surface area (Å²) in [4.78, 5) is 0. The van der Waals surface area contributed by atoms with Crippen LogP contribution in [0.25, 0.3) is 0 Å². The van der Waals surface area contributed by atoms with Gasteiger partial charge in [-0.05, 0) is 24.7 Å². The van der Waals surface area contributed by atoms with Crippen molar-refractivity contribution >= 4 is 0 Å². The van der Waals surface area contributed by atoms with E-state index in [-0.39, 0.29) is 0 Å². The second kappa shape index (κ2) is 1.97. The molecule has 1 spiro atoms. The van der Waals surface area contributed by atoms with Crippen molar-refractivity contribution in [3.63, 3.8) is 0 Å². The van der Waals surface area contributed by atoms with Crippen molar-refractivity contribution in [2.75, 3.05) is 6.61 Å². The standard InChI is InChI=1S/C9H16O/c1-7-3-4-8(2)9(5-7)6-10-9/h7-8H,3-6H2,1-2H3. The predicted molar refractivity (Wildman–Crippen MR) is 40.9 cm³/mol. The molecule has 0 amide bonds. The molecule has 0 aromatic heterocycles. The van der Waals surface area contributed by atoms with Crippen LogP contribution in [0.4, 0.5) is 0 Å². The molecule has 2 rings (SSSR count). The van der Waals surface area contributed by atoms with Gasteiger partial charge < -0.3 is 4.74 Å². The molecule has 0 aromatic rings. The first kappa shape index (κ1) is 6.66. The fourth-order valence-corrected chi connectivity index (χ4v) is 2.19. The van der Waals surface area contributed by atoms with Crippen LogP contribution in [0.2, 0.25) is 0 Å². The van der Waals surface area contributed by atoms with Crippen molar-refractivity contribution in [1.82, 2.24) is 0 Å². The number of hydrogen-bond donors (Lipinski definition) is 0. The fraction of sp³-hybridized carbons (Fsp3) is 1.00. The number of rotatable bonds is 0. The van der Waals surface area contributed by atoms with E-state index in [9.17, 15) is 0 Å². The first-order chi connectivity index (χ1) is 4.73. The molecule has 3 atom stereocenters. The van der Waals surface area contributed by atoms with Gasteiger partial charge in [-0.15, -0.1) is 0 Å². The number of epoxide rings is 1. The molecular formula is C9H16O. The maximum Gasteiger partial charge on any atom is 0.0944 e. The van der Waals surface area contributed by atoms with E-state index < -0.39 is 0 Å². The molecule has 1 saturated heterocycles. The Morgan fingerprint density at radius 1 is 1.30 bits per heavy atom. The predicted octanol–water partition coefficient (Wildman–Crippen LogP) is 2.21. The Labute approximate surface area is 62.8 Å². The SMILES string of the molecule is CC1CCC(C)C2(CO2)C1. The molecule has 3 unspecified atom stereocenters. The van der Waals surface area contributed by atoms with E-state index in [1.54, 1.807) is 0 Å². The van der Waals surface area contributed by atoms with Gasteiger partial charge in [0.25, 0.3) is 0 Å². The van der Waals surface area contributed by atoms with E-state index >= 15 is 0 Å². The summed E-state index contributed by atoms with van der Waals surface area (Å²) < 4.78 is 5.52. The van der Waals surface area contributed by atoms with Gasteiger partial charge in [-0.2, -0.15) is 0 Å². The molecule has 0 N–H and O–H groups in total. The summed E-state index contributed by atoms with van der Waals surface area (Å²) in [7, 11) is 0. The molecule has 58 valence electrons. The lowest BCUT2D eigenvalue weighted by Gasteiger charge is -2.29. The lowest BCUT2D eigenvalue weighted by molar-refractivity contribution is 0.139. The average Bonchev–Trinajstić information content (AvgIpc) is 2.62. The Morgan fingerprint density at radius 2 is 2.00 bits per heavy atom. The van der Waals surface area contributed by atoms with Gasteiger partial charge in [0.15, 0.2) is 0 Å². The topological polar surface area (TPSA) is 12.5 Å². The largest absolute Gasteiger partial charge is 0.369 e. The van der Waals surface area contributed by atoms with Crippen molar-refractivity contribution in [1.29, 1.82) is 0 Å². The third-order valence-corrected chi connectivity index (χ3v) is 3.20. The van der Waals surface area contributed by atoms with Gasteiger partial charge in [-0.25, -0.2) is 0 Å². The van der Waals surface area contributed by atoms with Gasteiger partial charge in [0.05, 0.1) is 12.2 Å². The van der Waals surface area contributed by atoms with E-state index in [1.165, 1.54) is 19.3 Å². The van der Waals surface area contributed by atoms with Gasteiger partial charge in [0.1, 0.15) is 0 Å². The first-order valence-electron chi connectivity index (χ1n) is 4.37. The Kier molecular flexibility index (Phi) is 1.31. The molecule has 0 bridgehead atoms. The number of hydrogen-bond acceptors (Lipinski definition) is 1. The molecule has 10 heavy (non-hydrogen) atoms. The molecule has 1 nitrogen and oxygen atoms in total. The van der Waals surface area contributed by atoms with Gasteiger partial charge in [0, 0.05) is 0 Å². The van der Waals surface area contributed by atoms with Crippen LogP contribution in [0.3, 0.4) is 0 Å². The van der Waals surface area contributed by atoms with Gasteiger partial charge in [-0.1, -0.05) is 20.3 Å². The molecule has 2 fully saturated rings. The molecule has 1 heterocycles. The smallest absolute Gasteiger partial charge is 0.0944 e. The summed E-state index contributed by atoms with van der Waals surface area (Å²) in [6.45, 7) is 5.71. The highest BCUT2D eigenvalue weighted by atomic mass is 16.6. The Morgan fingerprint density at radius 3 is 2.50 bits per heavy atom. The van der Waals surface area contributed by atoms with E-state index in [1.807, 2.05) is 0 Å². The van der Waals surface area contributed by atoms with E-state index in [2.05, 4.69) is 13.8 Å². The average molecular weight is 140 g/mol. The highest BCUT2D eigenvalue weighted by Gasteiger charge is 2.51. The second-order valence-corrected chi connectivity index (χ2v) is 4.14. The molecule has 2 aliphatic rings. The molecular weight excluding hydrogens is 124 g/mol. The first-order valence-corrected chi connectivity index (χ1v) is 4.37. The molecule has 1 aliphatic heterocycles. The zero-order chi connectivity index (χ0) is 7.19. The van der Waals surface area contributed by atoms with Crippen LogP contribution >= 0.6 is 0 Å².